The maximum Gasteiger partial charge on any atom is 0.270 e. The van der Waals surface area contributed by atoms with E-state index in [4.69, 9.17) is 4.74 Å². The van der Waals surface area contributed by atoms with Crippen LogP contribution in [0.25, 0.3) is 0 Å². The Morgan fingerprint density at radius 3 is 2.48 bits per heavy atom. The van der Waals surface area contributed by atoms with Crippen molar-refractivity contribution in [3.05, 3.63) is 60.9 Å². The van der Waals surface area contributed by atoms with Crippen LogP contribution in [0.3, 0.4) is 0 Å². The highest BCUT2D eigenvalue weighted by atomic mass is 16.5. The van der Waals surface area contributed by atoms with Gasteiger partial charge in [0.2, 0.25) is 0 Å². The van der Waals surface area contributed by atoms with Gasteiger partial charge >= 0.3 is 0 Å². The molecule has 0 saturated heterocycles. The number of ether oxygens (including phenoxy) is 1. The molecule has 0 spiro atoms. The number of hydrogen-bond acceptors (Lipinski definition) is 4. The molecule has 23 heavy (non-hydrogen) atoms. The van der Waals surface area contributed by atoms with Gasteiger partial charge < -0.3 is 15.4 Å². The van der Waals surface area contributed by atoms with Crippen molar-refractivity contribution in [1.82, 2.24) is 10.3 Å². The normalized spacial score (nSPS) is 10.2. The summed E-state index contributed by atoms with van der Waals surface area (Å²) >= 11 is 0. The predicted molar refractivity (Wildman–Crippen MR) is 92.3 cm³/mol. The van der Waals surface area contributed by atoms with E-state index in [0.29, 0.717) is 12.2 Å². The lowest BCUT2D eigenvalue weighted by Crippen LogP contribution is -2.24. The Bertz CT molecular complexity index is 649. The molecular weight excluding hydrogens is 290 g/mol. The van der Waals surface area contributed by atoms with Gasteiger partial charge in [0.25, 0.3) is 5.91 Å². The highest BCUT2D eigenvalue weighted by molar-refractivity contribution is 5.92. The van der Waals surface area contributed by atoms with Crippen LogP contribution in [0.15, 0.2) is 55.3 Å². The molecule has 1 heterocycles. The van der Waals surface area contributed by atoms with E-state index in [1.165, 1.54) is 0 Å². The summed E-state index contributed by atoms with van der Waals surface area (Å²) in [6, 6.07) is 11.2. The topological polar surface area (TPSA) is 63.2 Å². The number of nitrogens with one attached hydrogen (secondary N) is 2. The number of anilines is 2. The van der Waals surface area contributed by atoms with Gasteiger partial charge in [-0.05, 0) is 50.2 Å². The third-order valence-corrected chi connectivity index (χ3v) is 2.92. The number of amides is 1. The zero-order valence-electron chi connectivity index (χ0n) is 13.4. The van der Waals surface area contributed by atoms with E-state index in [9.17, 15) is 4.79 Å². The van der Waals surface area contributed by atoms with Crippen LogP contribution in [0.5, 0.6) is 5.75 Å². The average molecular weight is 311 g/mol. The molecule has 120 valence electrons. The minimum Gasteiger partial charge on any atom is -0.491 e. The number of rotatable bonds is 7. The van der Waals surface area contributed by atoms with Crippen LogP contribution in [-0.2, 0) is 0 Å². The van der Waals surface area contributed by atoms with Crippen molar-refractivity contribution in [2.45, 2.75) is 20.0 Å². The monoisotopic (exact) mass is 311 g/mol. The summed E-state index contributed by atoms with van der Waals surface area (Å²) in [5.74, 6) is 0.615. The van der Waals surface area contributed by atoms with Gasteiger partial charge in [-0.1, -0.05) is 6.08 Å². The van der Waals surface area contributed by atoms with Crippen LogP contribution in [0.2, 0.25) is 0 Å². The average Bonchev–Trinajstić information content (AvgIpc) is 2.54. The second kappa shape index (κ2) is 7.98. The maximum atomic E-state index is 11.7. The Labute approximate surface area is 136 Å². The fraction of sp³-hybridized carbons (Fsp3) is 0.222. The standard InChI is InChI=1S/C18H21N3O2/c1-4-11-19-18(22)17-10-7-15(12-20-17)21-14-5-8-16(9-6-14)23-13(2)3/h4-10,12-13,21H,1,11H2,2-3H3,(H,19,22). The predicted octanol–water partition coefficient (Wildman–Crippen LogP) is 3.53. The molecule has 5 heteroatoms. The van der Waals surface area contributed by atoms with E-state index in [-0.39, 0.29) is 12.0 Å². The van der Waals surface area contributed by atoms with Crippen LogP contribution >= 0.6 is 0 Å². The molecule has 0 atom stereocenters. The van der Waals surface area contributed by atoms with Gasteiger partial charge in [-0.2, -0.15) is 0 Å². The highest BCUT2D eigenvalue weighted by Crippen LogP contribution is 2.20. The van der Waals surface area contributed by atoms with Gasteiger partial charge in [-0.15, -0.1) is 6.58 Å². The van der Waals surface area contributed by atoms with E-state index in [1.807, 2.05) is 44.2 Å². The van der Waals surface area contributed by atoms with Gasteiger partial charge in [0.1, 0.15) is 11.4 Å². The Kier molecular flexibility index (Phi) is 5.74. The molecule has 0 unspecified atom stereocenters. The first-order chi connectivity index (χ1) is 11.1. The summed E-state index contributed by atoms with van der Waals surface area (Å²) in [6.07, 6.45) is 3.40. The number of carbonyl (C=O) groups excluding carboxylic acids is 1. The molecule has 0 aliphatic heterocycles. The molecule has 0 bridgehead atoms. The van der Waals surface area contributed by atoms with Crippen molar-refractivity contribution < 1.29 is 9.53 Å². The van der Waals surface area contributed by atoms with E-state index in [2.05, 4.69) is 22.2 Å². The first kappa shape index (κ1) is 16.5. The Balaban J connectivity index is 1.97. The smallest absolute Gasteiger partial charge is 0.270 e. The summed E-state index contributed by atoms with van der Waals surface area (Å²) in [4.78, 5) is 15.9. The summed E-state index contributed by atoms with van der Waals surface area (Å²) < 4.78 is 5.60. The van der Waals surface area contributed by atoms with Crippen LogP contribution in [0.1, 0.15) is 24.3 Å². The minimum atomic E-state index is -0.216. The third-order valence-electron chi connectivity index (χ3n) is 2.92. The second-order valence-corrected chi connectivity index (χ2v) is 5.25. The Morgan fingerprint density at radius 2 is 1.91 bits per heavy atom. The van der Waals surface area contributed by atoms with Crippen molar-refractivity contribution >= 4 is 17.3 Å². The number of pyridine rings is 1. The van der Waals surface area contributed by atoms with Gasteiger partial charge in [0, 0.05) is 12.2 Å². The Morgan fingerprint density at radius 1 is 1.22 bits per heavy atom. The van der Waals surface area contributed by atoms with Crippen molar-refractivity contribution in [1.29, 1.82) is 0 Å². The van der Waals surface area contributed by atoms with Crippen LogP contribution in [0, 0.1) is 0 Å². The number of nitrogens with zero attached hydrogens (tertiary/aromatic N) is 1. The van der Waals surface area contributed by atoms with Crippen LogP contribution in [-0.4, -0.2) is 23.5 Å². The molecule has 2 N–H and O–H groups in total. The summed E-state index contributed by atoms with van der Waals surface area (Å²) in [5, 5.41) is 5.91. The SMILES string of the molecule is C=CCNC(=O)c1ccc(Nc2ccc(OC(C)C)cc2)cn1. The molecule has 1 aromatic carbocycles. The van der Waals surface area contributed by atoms with Crippen LogP contribution in [0.4, 0.5) is 11.4 Å². The second-order valence-electron chi connectivity index (χ2n) is 5.25. The van der Waals surface area contributed by atoms with Gasteiger partial charge in [0.05, 0.1) is 18.0 Å². The fourth-order valence-corrected chi connectivity index (χ4v) is 1.91. The fourth-order valence-electron chi connectivity index (χ4n) is 1.91. The number of carbonyl (C=O) groups is 1. The van der Waals surface area contributed by atoms with E-state index in [1.54, 1.807) is 18.3 Å². The van der Waals surface area contributed by atoms with Crippen LogP contribution < -0.4 is 15.4 Å². The molecule has 0 aliphatic carbocycles. The first-order valence-corrected chi connectivity index (χ1v) is 7.47. The van der Waals surface area contributed by atoms with Crippen molar-refractivity contribution in [2.24, 2.45) is 0 Å². The van der Waals surface area contributed by atoms with Gasteiger partial charge in [0.15, 0.2) is 0 Å². The Hall–Kier alpha value is -2.82. The summed E-state index contributed by atoms with van der Waals surface area (Å²) in [7, 11) is 0. The molecule has 0 radical (unpaired) electrons. The minimum absolute atomic E-state index is 0.151. The zero-order valence-corrected chi connectivity index (χ0v) is 13.4. The number of aromatic nitrogens is 1. The summed E-state index contributed by atoms with van der Waals surface area (Å²) in [5.41, 5.74) is 2.10. The molecule has 0 fully saturated rings. The molecule has 1 amide bonds. The number of hydrogen-bond donors (Lipinski definition) is 2. The van der Waals surface area contributed by atoms with E-state index in [0.717, 1.165) is 17.1 Å². The zero-order chi connectivity index (χ0) is 16.7. The maximum absolute atomic E-state index is 11.7. The first-order valence-electron chi connectivity index (χ1n) is 7.47. The van der Waals surface area contributed by atoms with Gasteiger partial charge in [-0.25, -0.2) is 4.98 Å². The van der Waals surface area contributed by atoms with Gasteiger partial charge in [-0.3, -0.25) is 4.79 Å². The van der Waals surface area contributed by atoms with E-state index >= 15 is 0 Å². The molecule has 1 aromatic heterocycles. The molecule has 2 aromatic rings. The molecule has 5 nitrogen and oxygen atoms in total. The summed E-state index contributed by atoms with van der Waals surface area (Å²) in [6.45, 7) is 7.96. The lowest BCUT2D eigenvalue weighted by Gasteiger charge is -2.11. The number of benzene rings is 1. The lowest BCUT2D eigenvalue weighted by molar-refractivity contribution is 0.0953. The molecule has 0 aliphatic rings. The molecule has 0 saturated carbocycles. The van der Waals surface area contributed by atoms with Crippen molar-refractivity contribution in [3.63, 3.8) is 0 Å². The third kappa shape index (κ3) is 5.14. The van der Waals surface area contributed by atoms with Crippen molar-refractivity contribution in [3.8, 4) is 5.75 Å². The van der Waals surface area contributed by atoms with Crippen molar-refractivity contribution in [2.75, 3.05) is 11.9 Å². The highest BCUT2D eigenvalue weighted by Gasteiger charge is 2.05. The quantitative estimate of drug-likeness (QED) is 0.768. The lowest BCUT2D eigenvalue weighted by atomic mass is 10.2. The van der Waals surface area contributed by atoms with E-state index < -0.39 is 0 Å². The largest absolute Gasteiger partial charge is 0.491 e. The molecule has 2 rings (SSSR count). The molecular formula is C18H21N3O2.